The Hall–Kier alpha value is -1.68. The van der Waals surface area contributed by atoms with Gasteiger partial charge in [-0.25, -0.2) is 0 Å². The van der Waals surface area contributed by atoms with Gasteiger partial charge in [0.15, 0.2) is 5.78 Å². The summed E-state index contributed by atoms with van der Waals surface area (Å²) < 4.78 is 0. The number of carbonyl (C=O) groups excluding carboxylic acids is 2. The predicted octanol–water partition coefficient (Wildman–Crippen LogP) is 1.96. The van der Waals surface area contributed by atoms with Crippen LogP contribution in [0.1, 0.15) is 26.7 Å². The summed E-state index contributed by atoms with van der Waals surface area (Å²) >= 11 is 0. The molecule has 0 unspecified atom stereocenters. The van der Waals surface area contributed by atoms with Gasteiger partial charge in [0.05, 0.1) is 12.5 Å². The molecular weight excluding hydrogens is 228 g/mol. The van der Waals surface area contributed by atoms with Crippen LogP contribution in [0.25, 0.3) is 0 Å². The van der Waals surface area contributed by atoms with E-state index in [1.54, 1.807) is 12.1 Å². The molecule has 4 nitrogen and oxygen atoms in total. The number of para-hydroxylation sites is 1. The second-order valence-electron chi connectivity index (χ2n) is 4.79. The Morgan fingerprint density at radius 1 is 1.22 bits per heavy atom. The van der Waals surface area contributed by atoms with E-state index >= 15 is 0 Å². The first-order valence-electron chi connectivity index (χ1n) is 6.12. The minimum atomic E-state index is -0.550. The number of anilines is 1. The van der Waals surface area contributed by atoms with Gasteiger partial charge in [0.2, 0.25) is 5.91 Å². The van der Waals surface area contributed by atoms with E-state index < -0.39 is 6.04 Å². The fourth-order valence-corrected chi connectivity index (χ4v) is 1.66. The van der Waals surface area contributed by atoms with Gasteiger partial charge in [0.1, 0.15) is 0 Å². The molecule has 0 aliphatic heterocycles. The van der Waals surface area contributed by atoms with Crippen molar-refractivity contribution in [1.29, 1.82) is 0 Å². The largest absolute Gasteiger partial charge is 0.326 e. The highest BCUT2D eigenvalue weighted by Crippen LogP contribution is 2.08. The van der Waals surface area contributed by atoms with Gasteiger partial charge in [-0.05, 0) is 24.5 Å². The van der Waals surface area contributed by atoms with E-state index in [0.29, 0.717) is 18.0 Å². The Bertz CT molecular complexity index is 402. The van der Waals surface area contributed by atoms with Gasteiger partial charge in [-0.2, -0.15) is 0 Å². The lowest BCUT2D eigenvalue weighted by Crippen LogP contribution is -2.34. The standard InChI is InChI=1S/C14H20N2O2/c1-10(2)8-12(15)13(17)9-14(18)16-11-6-4-3-5-7-11/h3-7,10,12H,8-9,15H2,1-2H3,(H,16,18)/t12-/m0/s1. The third-order valence-corrected chi connectivity index (χ3v) is 2.53. The molecule has 18 heavy (non-hydrogen) atoms. The Morgan fingerprint density at radius 2 is 1.83 bits per heavy atom. The summed E-state index contributed by atoms with van der Waals surface area (Å²) in [6.45, 7) is 3.99. The molecule has 1 aromatic carbocycles. The molecule has 0 saturated heterocycles. The van der Waals surface area contributed by atoms with Crippen molar-refractivity contribution < 1.29 is 9.59 Å². The van der Waals surface area contributed by atoms with E-state index in [-0.39, 0.29) is 18.1 Å². The van der Waals surface area contributed by atoms with E-state index in [9.17, 15) is 9.59 Å². The van der Waals surface area contributed by atoms with Crippen LogP contribution in [-0.4, -0.2) is 17.7 Å². The van der Waals surface area contributed by atoms with Crippen molar-refractivity contribution in [2.24, 2.45) is 11.7 Å². The normalized spacial score (nSPS) is 12.2. The Labute approximate surface area is 108 Å². The smallest absolute Gasteiger partial charge is 0.231 e. The maximum atomic E-state index is 11.7. The molecule has 0 bridgehead atoms. The first-order valence-corrected chi connectivity index (χ1v) is 6.12. The van der Waals surface area contributed by atoms with Crippen molar-refractivity contribution >= 4 is 17.4 Å². The average molecular weight is 248 g/mol. The molecule has 0 aromatic heterocycles. The molecule has 1 rings (SSSR count). The molecule has 1 amide bonds. The molecule has 98 valence electrons. The van der Waals surface area contributed by atoms with Gasteiger partial charge in [-0.1, -0.05) is 32.0 Å². The number of hydrogen-bond acceptors (Lipinski definition) is 3. The van der Waals surface area contributed by atoms with Gasteiger partial charge in [-0.3, -0.25) is 9.59 Å². The molecule has 4 heteroatoms. The van der Waals surface area contributed by atoms with Crippen molar-refractivity contribution in [3.63, 3.8) is 0 Å². The number of hydrogen-bond donors (Lipinski definition) is 2. The van der Waals surface area contributed by atoms with Crippen LogP contribution in [0.15, 0.2) is 30.3 Å². The number of amides is 1. The van der Waals surface area contributed by atoms with E-state index in [1.165, 1.54) is 0 Å². The average Bonchev–Trinajstić information content (AvgIpc) is 2.29. The molecule has 0 fully saturated rings. The fourth-order valence-electron chi connectivity index (χ4n) is 1.66. The Kier molecular flexibility index (Phi) is 5.52. The van der Waals surface area contributed by atoms with Crippen LogP contribution < -0.4 is 11.1 Å². The van der Waals surface area contributed by atoms with E-state index in [0.717, 1.165) is 0 Å². The van der Waals surface area contributed by atoms with Crippen LogP contribution in [0.2, 0.25) is 0 Å². The molecule has 0 spiro atoms. The van der Waals surface area contributed by atoms with Crippen molar-refractivity contribution in [2.45, 2.75) is 32.7 Å². The van der Waals surface area contributed by atoms with Crippen LogP contribution in [0.4, 0.5) is 5.69 Å². The maximum Gasteiger partial charge on any atom is 0.231 e. The lowest BCUT2D eigenvalue weighted by Gasteiger charge is -2.12. The quantitative estimate of drug-likeness (QED) is 0.756. The molecule has 0 aliphatic rings. The maximum absolute atomic E-state index is 11.7. The van der Waals surface area contributed by atoms with Crippen molar-refractivity contribution in [3.8, 4) is 0 Å². The van der Waals surface area contributed by atoms with Crippen molar-refractivity contribution in [3.05, 3.63) is 30.3 Å². The summed E-state index contributed by atoms with van der Waals surface area (Å²) in [6, 6.07) is 8.50. The lowest BCUT2D eigenvalue weighted by molar-refractivity contribution is -0.126. The number of ketones is 1. The van der Waals surface area contributed by atoms with Crippen LogP contribution in [0.5, 0.6) is 0 Å². The number of carbonyl (C=O) groups is 2. The van der Waals surface area contributed by atoms with Crippen LogP contribution in [0, 0.1) is 5.92 Å². The predicted molar refractivity (Wildman–Crippen MR) is 72.1 cm³/mol. The fraction of sp³-hybridized carbons (Fsp3) is 0.429. The molecule has 0 aliphatic carbocycles. The van der Waals surface area contributed by atoms with Gasteiger partial charge in [0, 0.05) is 5.69 Å². The molecule has 1 atom stereocenters. The molecule has 1 aromatic rings. The highest BCUT2D eigenvalue weighted by Gasteiger charge is 2.18. The summed E-state index contributed by atoms with van der Waals surface area (Å²) in [4.78, 5) is 23.3. The highest BCUT2D eigenvalue weighted by molar-refractivity contribution is 6.05. The van der Waals surface area contributed by atoms with Crippen molar-refractivity contribution in [2.75, 3.05) is 5.32 Å². The van der Waals surface area contributed by atoms with Crippen LogP contribution in [0.3, 0.4) is 0 Å². The molecular formula is C14H20N2O2. The van der Waals surface area contributed by atoms with E-state index in [4.69, 9.17) is 5.73 Å². The zero-order chi connectivity index (χ0) is 13.5. The van der Waals surface area contributed by atoms with Crippen LogP contribution >= 0.6 is 0 Å². The number of rotatable bonds is 6. The minimum Gasteiger partial charge on any atom is -0.326 e. The zero-order valence-electron chi connectivity index (χ0n) is 10.8. The topological polar surface area (TPSA) is 72.2 Å². The molecule has 0 radical (unpaired) electrons. The molecule has 0 saturated carbocycles. The van der Waals surface area contributed by atoms with Gasteiger partial charge >= 0.3 is 0 Å². The number of nitrogens with one attached hydrogen (secondary N) is 1. The number of nitrogens with two attached hydrogens (primary N) is 1. The lowest BCUT2D eigenvalue weighted by atomic mass is 9.99. The second kappa shape index (κ2) is 6.91. The monoisotopic (exact) mass is 248 g/mol. The molecule has 0 heterocycles. The zero-order valence-corrected chi connectivity index (χ0v) is 10.8. The summed E-state index contributed by atoms with van der Waals surface area (Å²) in [5.74, 6) is -0.177. The first kappa shape index (κ1) is 14.4. The summed E-state index contributed by atoms with van der Waals surface area (Å²) in [7, 11) is 0. The van der Waals surface area contributed by atoms with Gasteiger partial charge < -0.3 is 11.1 Å². The Morgan fingerprint density at radius 3 is 2.39 bits per heavy atom. The highest BCUT2D eigenvalue weighted by atomic mass is 16.2. The van der Waals surface area contributed by atoms with Gasteiger partial charge in [-0.15, -0.1) is 0 Å². The summed E-state index contributed by atoms with van der Waals surface area (Å²) in [5.41, 5.74) is 6.42. The Balaban J connectivity index is 2.43. The summed E-state index contributed by atoms with van der Waals surface area (Å²) in [5, 5.41) is 2.67. The second-order valence-corrected chi connectivity index (χ2v) is 4.79. The van der Waals surface area contributed by atoms with Crippen molar-refractivity contribution in [1.82, 2.24) is 0 Å². The van der Waals surface area contributed by atoms with Gasteiger partial charge in [0.25, 0.3) is 0 Å². The summed E-state index contributed by atoms with van der Waals surface area (Å²) in [6.07, 6.45) is 0.445. The van der Waals surface area contributed by atoms with E-state index in [2.05, 4.69) is 5.32 Å². The van der Waals surface area contributed by atoms with Crippen LogP contribution in [-0.2, 0) is 9.59 Å². The first-order chi connectivity index (χ1) is 8.49. The third-order valence-electron chi connectivity index (χ3n) is 2.53. The number of Topliss-reactive ketones (excluding diaryl/α,β-unsaturated/α-hetero) is 1. The SMILES string of the molecule is CC(C)C[C@H](N)C(=O)CC(=O)Nc1ccccc1. The van der Waals surface area contributed by atoms with E-state index in [1.807, 2.05) is 32.0 Å². The minimum absolute atomic E-state index is 0.164. The third kappa shape index (κ3) is 5.10. The number of benzene rings is 1. The molecule has 3 N–H and O–H groups in total.